The lowest BCUT2D eigenvalue weighted by Crippen LogP contribution is -2.06. The van der Waals surface area contributed by atoms with Crippen LogP contribution in [0.5, 0.6) is 0 Å². The lowest BCUT2D eigenvalue weighted by atomic mass is 10.1. The van der Waals surface area contributed by atoms with Gasteiger partial charge in [0.1, 0.15) is 5.82 Å². The molecule has 4 nitrogen and oxygen atoms in total. The largest absolute Gasteiger partial charge is 0.478 e. The SMILES string of the molecule is COCc1ccccc1CNc1ccc(F)c(C(=O)O)c1. The number of benzene rings is 2. The van der Waals surface area contributed by atoms with E-state index in [4.69, 9.17) is 9.84 Å². The van der Waals surface area contributed by atoms with Gasteiger partial charge in [0.05, 0.1) is 12.2 Å². The number of aromatic carboxylic acids is 1. The Labute approximate surface area is 122 Å². The van der Waals surface area contributed by atoms with Crippen molar-refractivity contribution in [2.24, 2.45) is 0 Å². The van der Waals surface area contributed by atoms with Crippen LogP contribution in [-0.4, -0.2) is 18.2 Å². The summed E-state index contributed by atoms with van der Waals surface area (Å²) in [7, 11) is 1.63. The van der Waals surface area contributed by atoms with Gasteiger partial charge in [-0.2, -0.15) is 0 Å². The number of hydrogen-bond donors (Lipinski definition) is 2. The third-order valence-electron chi connectivity index (χ3n) is 3.10. The molecule has 0 atom stereocenters. The maximum absolute atomic E-state index is 13.3. The van der Waals surface area contributed by atoms with Crippen LogP contribution in [0, 0.1) is 5.82 Å². The fourth-order valence-electron chi connectivity index (χ4n) is 2.02. The van der Waals surface area contributed by atoms with Crippen molar-refractivity contribution < 1.29 is 19.0 Å². The highest BCUT2D eigenvalue weighted by Gasteiger charge is 2.10. The van der Waals surface area contributed by atoms with Crippen LogP contribution in [0.2, 0.25) is 0 Å². The van der Waals surface area contributed by atoms with E-state index in [1.165, 1.54) is 12.1 Å². The minimum atomic E-state index is -1.28. The Morgan fingerprint density at radius 1 is 1.24 bits per heavy atom. The average molecular weight is 289 g/mol. The van der Waals surface area contributed by atoms with E-state index >= 15 is 0 Å². The summed E-state index contributed by atoms with van der Waals surface area (Å²) in [4.78, 5) is 10.9. The smallest absolute Gasteiger partial charge is 0.338 e. The minimum absolute atomic E-state index is 0.342. The molecule has 0 bridgehead atoms. The Morgan fingerprint density at radius 2 is 1.95 bits per heavy atom. The second kappa shape index (κ2) is 6.85. The molecular weight excluding hydrogens is 273 g/mol. The Kier molecular flexibility index (Phi) is 4.90. The molecule has 0 aromatic heterocycles. The quantitative estimate of drug-likeness (QED) is 0.856. The van der Waals surface area contributed by atoms with E-state index in [2.05, 4.69) is 5.32 Å². The molecule has 0 fully saturated rings. The van der Waals surface area contributed by atoms with Crippen molar-refractivity contribution in [1.29, 1.82) is 0 Å². The van der Waals surface area contributed by atoms with Crippen molar-refractivity contribution in [3.63, 3.8) is 0 Å². The van der Waals surface area contributed by atoms with Crippen molar-refractivity contribution in [2.45, 2.75) is 13.2 Å². The molecule has 0 saturated heterocycles. The number of halogens is 1. The molecule has 5 heteroatoms. The molecule has 0 heterocycles. The Bertz CT molecular complexity index is 643. The summed E-state index contributed by atoms with van der Waals surface area (Å²) in [6.45, 7) is 1.01. The summed E-state index contributed by atoms with van der Waals surface area (Å²) in [6.07, 6.45) is 0. The average Bonchev–Trinajstić information content (AvgIpc) is 2.47. The third-order valence-corrected chi connectivity index (χ3v) is 3.10. The highest BCUT2D eigenvalue weighted by atomic mass is 19.1. The molecule has 2 N–H and O–H groups in total. The number of anilines is 1. The monoisotopic (exact) mass is 289 g/mol. The molecule has 2 aromatic carbocycles. The molecule has 2 aromatic rings. The summed E-state index contributed by atoms with van der Waals surface area (Å²) >= 11 is 0. The number of nitrogens with one attached hydrogen (secondary N) is 1. The van der Waals surface area contributed by atoms with E-state index in [1.807, 2.05) is 24.3 Å². The molecule has 0 aliphatic heterocycles. The number of carboxylic acids is 1. The third kappa shape index (κ3) is 3.79. The molecule has 0 spiro atoms. The number of carboxylic acid groups (broad SMARTS) is 1. The molecule has 21 heavy (non-hydrogen) atoms. The predicted octanol–water partition coefficient (Wildman–Crippen LogP) is 3.28. The first-order valence-electron chi connectivity index (χ1n) is 6.44. The molecule has 2 rings (SSSR count). The molecule has 0 aliphatic rings. The van der Waals surface area contributed by atoms with Crippen LogP contribution in [0.4, 0.5) is 10.1 Å². The van der Waals surface area contributed by atoms with Crippen molar-refractivity contribution in [1.82, 2.24) is 0 Å². The van der Waals surface area contributed by atoms with Gasteiger partial charge in [-0.15, -0.1) is 0 Å². The van der Waals surface area contributed by atoms with Crippen LogP contribution in [0.3, 0.4) is 0 Å². The number of rotatable bonds is 6. The Morgan fingerprint density at radius 3 is 2.62 bits per heavy atom. The van der Waals surface area contributed by atoms with Gasteiger partial charge < -0.3 is 15.2 Å². The van der Waals surface area contributed by atoms with Gasteiger partial charge >= 0.3 is 5.97 Å². The van der Waals surface area contributed by atoms with Gasteiger partial charge in [0.15, 0.2) is 0 Å². The molecule has 0 aliphatic carbocycles. The molecular formula is C16H16FNO3. The van der Waals surface area contributed by atoms with Gasteiger partial charge in [-0.05, 0) is 29.3 Å². The molecule has 0 radical (unpaired) electrons. The number of hydrogen-bond acceptors (Lipinski definition) is 3. The highest BCUT2D eigenvalue weighted by molar-refractivity contribution is 5.89. The van der Waals surface area contributed by atoms with E-state index < -0.39 is 11.8 Å². The van der Waals surface area contributed by atoms with Crippen molar-refractivity contribution in [3.05, 3.63) is 65.0 Å². The zero-order chi connectivity index (χ0) is 15.2. The fourth-order valence-corrected chi connectivity index (χ4v) is 2.02. The van der Waals surface area contributed by atoms with E-state index in [1.54, 1.807) is 7.11 Å². The van der Waals surface area contributed by atoms with Gasteiger partial charge in [-0.1, -0.05) is 24.3 Å². The molecule has 0 amide bonds. The van der Waals surface area contributed by atoms with Gasteiger partial charge in [0.25, 0.3) is 0 Å². The van der Waals surface area contributed by atoms with Gasteiger partial charge in [-0.3, -0.25) is 0 Å². The zero-order valence-electron chi connectivity index (χ0n) is 11.6. The first-order valence-corrected chi connectivity index (χ1v) is 6.44. The topological polar surface area (TPSA) is 58.6 Å². The van der Waals surface area contributed by atoms with Crippen molar-refractivity contribution >= 4 is 11.7 Å². The fraction of sp³-hybridized carbons (Fsp3) is 0.188. The maximum Gasteiger partial charge on any atom is 0.338 e. The van der Waals surface area contributed by atoms with Gasteiger partial charge in [0.2, 0.25) is 0 Å². The van der Waals surface area contributed by atoms with Crippen LogP contribution in [0.1, 0.15) is 21.5 Å². The first kappa shape index (κ1) is 15.0. The van der Waals surface area contributed by atoms with Crippen LogP contribution in [0.25, 0.3) is 0 Å². The number of ether oxygens (including phenoxy) is 1. The normalized spacial score (nSPS) is 10.4. The summed E-state index contributed by atoms with van der Waals surface area (Å²) in [5, 5.41) is 12.0. The van der Waals surface area contributed by atoms with Crippen LogP contribution in [0.15, 0.2) is 42.5 Å². The van der Waals surface area contributed by atoms with Crippen LogP contribution in [-0.2, 0) is 17.9 Å². The van der Waals surface area contributed by atoms with E-state index in [0.717, 1.165) is 17.2 Å². The summed E-state index contributed by atoms with van der Waals surface area (Å²) in [6, 6.07) is 11.7. The summed E-state index contributed by atoms with van der Waals surface area (Å²) in [5.41, 5.74) is 2.31. The van der Waals surface area contributed by atoms with Gasteiger partial charge in [0, 0.05) is 19.3 Å². The standard InChI is InChI=1S/C16H16FNO3/c1-21-10-12-5-3-2-4-11(12)9-18-13-6-7-15(17)14(8-13)16(19)20/h2-8,18H,9-10H2,1H3,(H,19,20). The maximum atomic E-state index is 13.3. The second-order valence-electron chi connectivity index (χ2n) is 4.56. The highest BCUT2D eigenvalue weighted by Crippen LogP contribution is 2.17. The van der Waals surface area contributed by atoms with Crippen LogP contribution < -0.4 is 5.32 Å². The van der Waals surface area contributed by atoms with Crippen molar-refractivity contribution in [2.75, 3.05) is 12.4 Å². The first-order chi connectivity index (χ1) is 10.1. The lowest BCUT2D eigenvalue weighted by Gasteiger charge is -2.11. The van der Waals surface area contributed by atoms with E-state index in [9.17, 15) is 9.18 Å². The molecule has 0 unspecified atom stereocenters. The predicted molar refractivity (Wildman–Crippen MR) is 77.8 cm³/mol. The Balaban J connectivity index is 2.13. The minimum Gasteiger partial charge on any atom is -0.478 e. The number of carbonyl (C=O) groups is 1. The van der Waals surface area contributed by atoms with E-state index in [0.29, 0.717) is 18.8 Å². The summed E-state index contributed by atoms with van der Waals surface area (Å²) in [5.74, 6) is -2.02. The van der Waals surface area contributed by atoms with Gasteiger partial charge in [-0.25, -0.2) is 9.18 Å². The van der Waals surface area contributed by atoms with E-state index in [-0.39, 0.29) is 5.56 Å². The van der Waals surface area contributed by atoms with Crippen LogP contribution >= 0.6 is 0 Å². The summed E-state index contributed by atoms with van der Waals surface area (Å²) < 4.78 is 18.5. The zero-order valence-corrected chi connectivity index (χ0v) is 11.6. The second-order valence-corrected chi connectivity index (χ2v) is 4.56. The lowest BCUT2D eigenvalue weighted by molar-refractivity contribution is 0.0692. The Hall–Kier alpha value is -2.40. The molecule has 0 saturated carbocycles. The molecule has 110 valence electrons. The number of methoxy groups -OCH3 is 1. The van der Waals surface area contributed by atoms with Crippen molar-refractivity contribution in [3.8, 4) is 0 Å².